The second-order valence-electron chi connectivity index (χ2n) is 4.47. The molecular formula is C16H12NO2. The number of rotatable bonds is 2. The number of aliphatic hydroxyl groups excluding tert-OH is 1. The van der Waals surface area contributed by atoms with Crippen LogP contribution in [0.5, 0.6) is 0 Å². The first kappa shape index (κ1) is 11.5. The Balaban J connectivity index is 1.92. The van der Waals surface area contributed by atoms with Crippen molar-refractivity contribution in [2.24, 2.45) is 0 Å². The molecule has 1 amide bonds. The van der Waals surface area contributed by atoms with Crippen LogP contribution in [-0.4, -0.2) is 11.0 Å². The summed E-state index contributed by atoms with van der Waals surface area (Å²) in [6.45, 7) is 0. The molecule has 0 bridgehead atoms. The van der Waals surface area contributed by atoms with Gasteiger partial charge in [-0.2, -0.15) is 0 Å². The van der Waals surface area contributed by atoms with Crippen LogP contribution < -0.4 is 5.32 Å². The van der Waals surface area contributed by atoms with Crippen LogP contribution in [0, 0.1) is 6.07 Å². The minimum Gasteiger partial charge on any atom is -0.515 e. The lowest BCUT2D eigenvalue weighted by molar-refractivity contribution is -0.110. The third-order valence-corrected chi connectivity index (χ3v) is 3.18. The fraction of sp³-hybridized carbons (Fsp3) is 0.0625. The van der Waals surface area contributed by atoms with Crippen molar-refractivity contribution in [3.63, 3.8) is 0 Å². The number of nitrogens with one attached hydrogen (secondary N) is 1. The molecule has 3 heteroatoms. The van der Waals surface area contributed by atoms with Gasteiger partial charge >= 0.3 is 0 Å². The van der Waals surface area contributed by atoms with Crippen molar-refractivity contribution in [2.45, 2.75) is 6.42 Å². The Bertz CT molecular complexity index is 660. The first-order valence-corrected chi connectivity index (χ1v) is 6.02. The number of fused-ring (bicyclic) bond motifs is 1. The molecule has 0 saturated carbocycles. The van der Waals surface area contributed by atoms with Gasteiger partial charge in [0.15, 0.2) is 0 Å². The van der Waals surface area contributed by atoms with Gasteiger partial charge in [-0.05, 0) is 29.7 Å². The highest BCUT2D eigenvalue weighted by atomic mass is 16.2. The number of carbonyl (C=O) groups excluding carboxylic acids is 1. The van der Waals surface area contributed by atoms with Crippen molar-refractivity contribution in [1.82, 2.24) is 0 Å². The Kier molecular flexibility index (Phi) is 2.80. The normalized spacial score (nSPS) is 15.4. The average molecular weight is 250 g/mol. The third-order valence-electron chi connectivity index (χ3n) is 3.18. The van der Waals surface area contributed by atoms with Crippen molar-refractivity contribution in [1.29, 1.82) is 0 Å². The Morgan fingerprint density at radius 2 is 2.16 bits per heavy atom. The summed E-state index contributed by atoms with van der Waals surface area (Å²) in [6, 6.07) is 16.6. The van der Waals surface area contributed by atoms with Gasteiger partial charge in [0.2, 0.25) is 0 Å². The lowest BCUT2D eigenvalue weighted by Crippen LogP contribution is -2.03. The van der Waals surface area contributed by atoms with Gasteiger partial charge in [-0.15, -0.1) is 0 Å². The van der Waals surface area contributed by atoms with Gasteiger partial charge in [-0.25, -0.2) is 0 Å². The molecule has 0 unspecified atom stereocenters. The minimum absolute atomic E-state index is 0.261. The summed E-state index contributed by atoms with van der Waals surface area (Å²) in [5, 5.41) is 11.8. The number of aliphatic hydroxyl groups is 1. The van der Waals surface area contributed by atoms with E-state index in [0.29, 0.717) is 5.57 Å². The van der Waals surface area contributed by atoms with Gasteiger partial charge in [0.05, 0.1) is 11.8 Å². The SMILES string of the molecule is O=C1Nc2cc(Cc3c[c]ccc3)ccc2/C1=C/O. The standard InChI is InChI=1S/C16H12NO2/c18-10-14-13-7-6-12(9-15(13)17-16(14)19)8-11-4-2-1-3-5-11/h1-2,4-7,9-10,18H,8H2,(H,17,19)/b14-10-. The van der Waals surface area contributed by atoms with Crippen LogP contribution in [0.15, 0.2) is 48.7 Å². The predicted octanol–water partition coefficient (Wildman–Crippen LogP) is 2.93. The molecule has 19 heavy (non-hydrogen) atoms. The number of hydrogen-bond donors (Lipinski definition) is 2. The predicted molar refractivity (Wildman–Crippen MR) is 73.8 cm³/mol. The Morgan fingerprint density at radius 3 is 2.89 bits per heavy atom. The molecule has 0 spiro atoms. The third kappa shape index (κ3) is 2.10. The first-order valence-electron chi connectivity index (χ1n) is 6.02. The fourth-order valence-corrected chi connectivity index (χ4v) is 2.26. The van der Waals surface area contributed by atoms with Crippen LogP contribution in [0.3, 0.4) is 0 Å². The fourth-order valence-electron chi connectivity index (χ4n) is 2.26. The molecular weight excluding hydrogens is 238 g/mol. The number of hydrogen-bond acceptors (Lipinski definition) is 2. The van der Waals surface area contributed by atoms with E-state index in [1.807, 2.05) is 42.5 Å². The molecule has 0 atom stereocenters. The van der Waals surface area contributed by atoms with E-state index in [4.69, 9.17) is 5.11 Å². The summed E-state index contributed by atoms with van der Waals surface area (Å²) in [7, 11) is 0. The largest absolute Gasteiger partial charge is 0.515 e. The van der Waals surface area contributed by atoms with Crippen LogP contribution in [0.2, 0.25) is 0 Å². The molecule has 3 nitrogen and oxygen atoms in total. The summed E-state index contributed by atoms with van der Waals surface area (Å²) in [5.41, 5.74) is 4.09. The highest BCUT2D eigenvalue weighted by Crippen LogP contribution is 2.32. The van der Waals surface area contributed by atoms with Crippen molar-refractivity contribution in [3.05, 3.63) is 71.5 Å². The molecule has 2 aromatic carbocycles. The Labute approximate surface area is 111 Å². The second-order valence-corrected chi connectivity index (χ2v) is 4.47. The Morgan fingerprint density at radius 1 is 1.26 bits per heavy atom. The zero-order chi connectivity index (χ0) is 13.2. The zero-order valence-electron chi connectivity index (χ0n) is 10.2. The maximum Gasteiger partial charge on any atom is 0.259 e. The summed E-state index contributed by atoms with van der Waals surface area (Å²) < 4.78 is 0. The summed E-state index contributed by atoms with van der Waals surface area (Å²) in [5.74, 6) is -0.261. The van der Waals surface area contributed by atoms with E-state index in [1.165, 1.54) is 5.56 Å². The molecule has 0 aromatic heterocycles. The molecule has 0 fully saturated rings. The molecule has 1 aliphatic heterocycles. The van der Waals surface area contributed by atoms with Crippen LogP contribution in [-0.2, 0) is 11.2 Å². The lowest BCUT2D eigenvalue weighted by Gasteiger charge is -2.04. The van der Waals surface area contributed by atoms with Gasteiger partial charge in [0.25, 0.3) is 5.91 Å². The molecule has 2 aromatic rings. The average Bonchev–Trinajstić information content (AvgIpc) is 2.74. The molecule has 0 aliphatic carbocycles. The van der Waals surface area contributed by atoms with Crippen LogP contribution in [0.25, 0.3) is 5.57 Å². The Hall–Kier alpha value is -2.55. The summed E-state index contributed by atoms with van der Waals surface area (Å²) >= 11 is 0. The van der Waals surface area contributed by atoms with Gasteiger partial charge in [-0.3, -0.25) is 4.79 Å². The van der Waals surface area contributed by atoms with Gasteiger partial charge in [-0.1, -0.05) is 36.4 Å². The van der Waals surface area contributed by atoms with E-state index in [1.54, 1.807) is 0 Å². The van der Waals surface area contributed by atoms with Crippen molar-refractivity contribution >= 4 is 17.2 Å². The van der Waals surface area contributed by atoms with Gasteiger partial charge < -0.3 is 10.4 Å². The van der Waals surface area contributed by atoms with Crippen molar-refractivity contribution in [2.75, 3.05) is 5.32 Å². The molecule has 1 aliphatic rings. The molecule has 3 rings (SSSR count). The summed E-state index contributed by atoms with van der Waals surface area (Å²) in [4.78, 5) is 11.6. The quantitative estimate of drug-likeness (QED) is 0.636. The van der Waals surface area contributed by atoms with Crippen LogP contribution in [0.4, 0.5) is 5.69 Å². The van der Waals surface area contributed by atoms with E-state index in [2.05, 4.69) is 11.4 Å². The van der Waals surface area contributed by atoms with E-state index in [-0.39, 0.29) is 5.91 Å². The highest BCUT2D eigenvalue weighted by molar-refractivity contribution is 6.31. The number of carbonyl (C=O) groups is 1. The van der Waals surface area contributed by atoms with E-state index in [9.17, 15) is 4.79 Å². The molecule has 1 heterocycles. The number of anilines is 1. The van der Waals surface area contributed by atoms with Crippen LogP contribution in [0.1, 0.15) is 16.7 Å². The zero-order valence-corrected chi connectivity index (χ0v) is 10.2. The van der Waals surface area contributed by atoms with E-state index >= 15 is 0 Å². The molecule has 0 saturated heterocycles. The van der Waals surface area contributed by atoms with Gasteiger partial charge in [0, 0.05) is 11.3 Å². The lowest BCUT2D eigenvalue weighted by atomic mass is 10.0. The molecule has 2 N–H and O–H groups in total. The van der Waals surface area contributed by atoms with Gasteiger partial charge in [0.1, 0.15) is 0 Å². The van der Waals surface area contributed by atoms with E-state index in [0.717, 1.165) is 29.5 Å². The molecule has 93 valence electrons. The first-order chi connectivity index (χ1) is 9.28. The van der Waals surface area contributed by atoms with Crippen molar-refractivity contribution in [3.8, 4) is 0 Å². The molecule has 1 radical (unpaired) electrons. The van der Waals surface area contributed by atoms with Crippen molar-refractivity contribution < 1.29 is 9.90 Å². The minimum atomic E-state index is -0.261. The summed E-state index contributed by atoms with van der Waals surface area (Å²) in [6.07, 6.45) is 1.64. The smallest absolute Gasteiger partial charge is 0.259 e. The topological polar surface area (TPSA) is 49.3 Å². The highest BCUT2D eigenvalue weighted by Gasteiger charge is 2.24. The van der Waals surface area contributed by atoms with Crippen LogP contribution >= 0.6 is 0 Å². The number of benzene rings is 2. The number of amides is 1. The van der Waals surface area contributed by atoms with E-state index < -0.39 is 0 Å². The monoisotopic (exact) mass is 250 g/mol. The maximum absolute atomic E-state index is 11.6. The second kappa shape index (κ2) is 4.61. The maximum atomic E-state index is 11.6.